The van der Waals surface area contributed by atoms with Crippen LogP contribution in [-0.4, -0.2) is 10.8 Å². The van der Waals surface area contributed by atoms with Crippen molar-refractivity contribution in [2.24, 2.45) is 16.8 Å². The molecule has 1 fully saturated rings. The molecule has 0 aromatic heterocycles. The van der Waals surface area contributed by atoms with Crippen LogP contribution in [0.25, 0.3) is 0 Å². The van der Waals surface area contributed by atoms with Crippen LogP contribution in [0.5, 0.6) is 0 Å². The molecule has 1 aliphatic rings. The lowest BCUT2D eigenvalue weighted by atomic mass is 9.81. The molecule has 3 unspecified atom stereocenters. The largest absolute Gasteiger partial charge is 0.375 e. The Morgan fingerprint density at radius 3 is 2.15 bits per heavy atom. The van der Waals surface area contributed by atoms with Gasteiger partial charge >= 0.3 is 0 Å². The summed E-state index contributed by atoms with van der Waals surface area (Å²) in [4.78, 5) is 0. The second kappa shape index (κ2) is 7.88. The molecule has 0 aliphatic carbocycles. The summed E-state index contributed by atoms with van der Waals surface area (Å²) in [6.07, 6.45) is 0.625. The zero-order chi connectivity index (χ0) is 18.7. The van der Waals surface area contributed by atoms with Crippen molar-refractivity contribution in [2.45, 2.75) is 25.4 Å². The summed E-state index contributed by atoms with van der Waals surface area (Å²) in [6, 6.07) is 12.6. The molecule has 3 rings (SSSR count). The maximum Gasteiger partial charge on any atom is 0.184 e. The van der Waals surface area contributed by atoms with Gasteiger partial charge in [0, 0.05) is 30.1 Å². The first-order valence-electron chi connectivity index (χ1n) is 8.33. The predicted molar refractivity (Wildman–Crippen MR) is 103 cm³/mol. The van der Waals surface area contributed by atoms with E-state index in [1.54, 1.807) is 24.3 Å². The number of rotatable bonds is 3. The predicted octanol–water partition coefficient (Wildman–Crippen LogP) is 3.57. The summed E-state index contributed by atoms with van der Waals surface area (Å²) >= 11 is 4.84. The van der Waals surface area contributed by atoms with E-state index in [4.69, 9.17) is 18.0 Å². The molecule has 1 saturated heterocycles. The lowest BCUT2D eigenvalue weighted by molar-refractivity contribution is 0.363. The maximum absolute atomic E-state index is 13.3. The fraction of sp³-hybridized carbons (Fsp3) is 0.263. The summed E-state index contributed by atoms with van der Waals surface area (Å²) in [5.74, 6) is -0.521. The van der Waals surface area contributed by atoms with Gasteiger partial charge in [-0.05, 0) is 47.6 Å². The van der Waals surface area contributed by atoms with Crippen molar-refractivity contribution in [3.63, 3.8) is 0 Å². The van der Waals surface area contributed by atoms with Gasteiger partial charge in [-0.25, -0.2) is 8.78 Å². The molecule has 4 nitrogen and oxygen atoms in total. The summed E-state index contributed by atoms with van der Waals surface area (Å²) in [7, 11) is 0. The molecule has 0 radical (unpaired) electrons. The SMILES string of the molecule is CC1/C(=N\NC(N)=S)CC(c2ccc(F)cc2)NC1c1ccc(F)cc1. The number of nitrogens with one attached hydrogen (secondary N) is 2. The van der Waals surface area contributed by atoms with Crippen molar-refractivity contribution in [2.75, 3.05) is 0 Å². The number of halogens is 2. The Morgan fingerprint density at radius 1 is 1.08 bits per heavy atom. The van der Waals surface area contributed by atoms with Crippen LogP contribution in [-0.2, 0) is 0 Å². The van der Waals surface area contributed by atoms with Crippen LogP contribution < -0.4 is 16.5 Å². The van der Waals surface area contributed by atoms with E-state index in [0.29, 0.717) is 6.42 Å². The van der Waals surface area contributed by atoms with E-state index in [0.717, 1.165) is 16.8 Å². The zero-order valence-electron chi connectivity index (χ0n) is 14.2. The number of hydrogen-bond acceptors (Lipinski definition) is 3. The molecule has 2 aromatic carbocycles. The van der Waals surface area contributed by atoms with E-state index in [1.165, 1.54) is 24.3 Å². The fourth-order valence-electron chi connectivity index (χ4n) is 3.25. The molecular weight excluding hydrogens is 354 g/mol. The van der Waals surface area contributed by atoms with Gasteiger partial charge in [0.1, 0.15) is 11.6 Å². The van der Waals surface area contributed by atoms with Gasteiger partial charge in [-0.2, -0.15) is 5.10 Å². The first-order chi connectivity index (χ1) is 12.4. The highest BCUT2D eigenvalue weighted by atomic mass is 32.1. The molecule has 2 aromatic rings. The molecule has 1 aliphatic heterocycles. The number of benzene rings is 2. The maximum atomic E-state index is 13.3. The van der Waals surface area contributed by atoms with Gasteiger partial charge in [-0.1, -0.05) is 31.2 Å². The molecule has 136 valence electrons. The van der Waals surface area contributed by atoms with Gasteiger partial charge in [0.25, 0.3) is 0 Å². The zero-order valence-corrected chi connectivity index (χ0v) is 15.1. The molecule has 26 heavy (non-hydrogen) atoms. The molecule has 0 saturated carbocycles. The summed E-state index contributed by atoms with van der Waals surface area (Å²) in [5, 5.41) is 8.03. The van der Waals surface area contributed by atoms with Gasteiger partial charge in [-0.3, -0.25) is 5.43 Å². The molecule has 4 N–H and O–H groups in total. The van der Waals surface area contributed by atoms with Crippen LogP contribution in [0.1, 0.15) is 36.6 Å². The molecular formula is C19H20F2N4S. The van der Waals surface area contributed by atoms with Crippen molar-refractivity contribution >= 4 is 23.0 Å². The number of hydrazone groups is 1. The number of nitrogens with zero attached hydrogens (tertiary/aromatic N) is 1. The number of thiocarbonyl (C=S) groups is 1. The minimum atomic E-state index is -0.281. The van der Waals surface area contributed by atoms with E-state index in [1.807, 2.05) is 6.92 Å². The Kier molecular flexibility index (Phi) is 5.58. The molecule has 0 spiro atoms. The highest BCUT2D eigenvalue weighted by Crippen LogP contribution is 2.35. The van der Waals surface area contributed by atoms with Gasteiger partial charge in [0.05, 0.1) is 0 Å². The fourth-order valence-corrected chi connectivity index (χ4v) is 3.29. The van der Waals surface area contributed by atoms with Gasteiger partial charge in [0.15, 0.2) is 5.11 Å². The lowest BCUT2D eigenvalue weighted by Crippen LogP contribution is -2.42. The standard InChI is InChI=1S/C19H20F2N4S/c1-11-16(24-25-19(22)26)10-17(12-2-6-14(20)7-3-12)23-18(11)13-4-8-15(21)9-5-13/h2-9,11,17-18,23H,10H2,1H3,(H3,22,25,26)/b24-16-. The highest BCUT2D eigenvalue weighted by molar-refractivity contribution is 7.80. The van der Waals surface area contributed by atoms with E-state index >= 15 is 0 Å². The van der Waals surface area contributed by atoms with Crippen LogP contribution in [0.4, 0.5) is 8.78 Å². The Bertz CT molecular complexity index is 805. The average Bonchev–Trinajstić information content (AvgIpc) is 2.62. The number of piperidine rings is 1. The third kappa shape index (κ3) is 4.23. The summed E-state index contributed by atoms with van der Waals surface area (Å²) in [5.41, 5.74) is 10.9. The van der Waals surface area contributed by atoms with E-state index in [9.17, 15) is 8.78 Å². The minimum absolute atomic E-state index is 0.0407. The summed E-state index contributed by atoms with van der Waals surface area (Å²) < 4.78 is 26.6. The average molecular weight is 374 g/mol. The smallest absolute Gasteiger partial charge is 0.184 e. The second-order valence-electron chi connectivity index (χ2n) is 6.37. The third-order valence-corrected chi connectivity index (χ3v) is 4.72. The quantitative estimate of drug-likeness (QED) is 0.568. The van der Waals surface area contributed by atoms with Gasteiger partial charge in [0.2, 0.25) is 0 Å². The Hall–Kier alpha value is -2.38. The molecule has 7 heteroatoms. The first kappa shape index (κ1) is 18.4. The normalized spacial score (nSPS) is 24.4. The minimum Gasteiger partial charge on any atom is -0.375 e. The highest BCUT2D eigenvalue weighted by Gasteiger charge is 2.33. The van der Waals surface area contributed by atoms with Crippen molar-refractivity contribution in [3.05, 3.63) is 71.3 Å². The van der Waals surface area contributed by atoms with Crippen molar-refractivity contribution in [1.29, 1.82) is 0 Å². The van der Waals surface area contributed by atoms with Crippen molar-refractivity contribution in [3.8, 4) is 0 Å². The van der Waals surface area contributed by atoms with Crippen molar-refractivity contribution in [1.82, 2.24) is 10.7 Å². The lowest BCUT2D eigenvalue weighted by Gasteiger charge is -2.37. The Balaban J connectivity index is 1.94. The third-order valence-electron chi connectivity index (χ3n) is 4.63. The molecule has 3 atom stereocenters. The van der Waals surface area contributed by atoms with Crippen molar-refractivity contribution < 1.29 is 8.78 Å². The summed E-state index contributed by atoms with van der Waals surface area (Å²) in [6.45, 7) is 2.04. The van der Waals surface area contributed by atoms with E-state index < -0.39 is 0 Å². The molecule has 0 bridgehead atoms. The number of nitrogens with two attached hydrogens (primary N) is 1. The van der Waals surface area contributed by atoms with Crippen LogP contribution in [0.3, 0.4) is 0 Å². The van der Waals surface area contributed by atoms with Crippen LogP contribution in [0, 0.1) is 17.6 Å². The van der Waals surface area contributed by atoms with Gasteiger partial charge < -0.3 is 11.1 Å². The van der Waals surface area contributed by atoms with E-state index in [-0.39, 0.29) is 34.7 Å². The van der Waals surface area contributed by atoms with Crippen LogP contribution in [0.15, 0.2) is 53.6 Å². The monoisotopic (exact) mass is 374 g/mol. The topological polar surface area (TPSA) is 62.4 Å². The Morgan fingerprint density at radius 2 is 1.62 bits per heavy atom. The van der Waals surface area contributed by atoms with E-state index in [2.05, 4.69) is 15.8 Å². The van der Waals surface area contributed by atoms with Crippen LogP contribution in [0.2, 0.25) is 0 Å². The first-order valence-corrected chi connectivity index (χ1v) is 8.73. The van der Waals surface area contributed by atoms with Crippen LogP contribution >= 0.6 is 12.2 Å². The molecule has 0 amide bonds. The van der Waals surface area contributed by atoms with Gasteiger partial charge in [-0.15, -0.1) is 0 Å². The Labute approximate surface area is 156 Å². The second-order valence-corrected chi connectivity index (χ2v) is 6.81. The number of hydrogen-bond donors (Lipinski definition) is 3. The molecule has 1 heterocycles.